The Hall–Kier alpha value is -1.11. The fourth-order valence-electron chi connectivity index (χ4n) is 2.31. The number of aliphatic hydroxyl groups excluding tert-OH is 1. The lowest BCUT2D eigenvalue weighted by molar-refractivity contribution is 0.167. The summed E-state index contributed by atoms with van der Waals surface area (Å²) in [5.41, 5.74) is 0.893. The van der Waals surface area contributed by atoms with Gasteiger partial charge in [0.1, 0.15) is 5.75 Å². The van der Waals surface area contributed by atoms with Crippen LogP contribution in [-0.4, -0.2) is 43.3 Å². The van der Waals surface area contributed by atoms with Crippen molar-refractivity contribution in [2.45, 2.75) is 25.4 Å². The number of ether oxygens (including phenoxy) is 1. The van der Waals surface area contributed by atoms with Gasteiger partial charge in [0, 0.05) is 12.6 Å². The Bertz CT molecular complexity index is 512. The summed E-state index contributed by atoms with van der Waals surface area (Å²) < 4.78 is 30.6. The predicted molar refractivity (Wildman–Crippen MR) is 72.4 cm³/mol. The summed E-state index contributed by atoms with van der Waals surface area (Å²) in [4.78, 5) is 0. The van der Waals surface area contributed by atoms with E-state index in [0.29, 0.717) is 19.4 Å². The van der Waals surface area contributed by atoms with Gasteiger partial charge in [0.2, 0.25) is 10.0 Å². The quantitative estimate of drug-likeness (QED) is 0.895. The monoisotopic (exact) mass is 285 g/mol. The first-order valence-corrected chi connectivity index (χ1v) is 7.91. The molecule has 1 aromatic carbocycles. The van der Waals surface area contributed by atoms with Crippen molar-refractivity contribution in [2.75, 3.05) is 19.5 Å². The molecule has 0 radical (unpaired) electrons. The predicted octanol–water partition coefficient (Wildman–Crippen LogP) is 0.982. The lowest BCUT2D eigenvalue weighted by atomic mass is 10.1. The third-order valence-electron chi connectivity index (χ3n) is 3.41. The molecule has 0 aromatic heterocycles. The minimum absolute atomic E-state index is 0.130. The fraction of sp³-hybridized carbons (Fsp3) is 0.538. The van der Waals surface area contributed by atoms with Crippen molar-refractivity contribution in [1.29, 1.82) is 0 Å². The van der Waals surface area contributed by atoms with Gasteiger partial charge in [-0.05, 0) is 30.5 Å². The van der Waals surface area contributed by atoms with Crippen LogP contribution in [0.5, 0.6) is 5.75 Å². The van der Waals surface area contributed by atoms with Crippen LogP contribution in [0.3, 0.4) is 0 Å². The van der Waals surface area contributed by atoms with Gasteiger partial charge in [0.05, 0.1) is 19.5 Å². The number of benzene rings is 1. The molecule has 19 heavy (non-hydrogen) atoms. The van der Waals surface area contributed by atoms with Crippen molar-refractivity contribution in [3.8, 4) is 5.75 Å². The number of rotatable bonds is 4. The second-order valence-corrected chi connectivity index (χ2v) is 6.73. The van der Waals surface area contributed by atoms with Crippen LogP contribution in [0.4, 0.5) is 0 Å². The van der Waals surface area contributed by atoms with E-state index in [1.54, 1.807) is 19.2 Å². The van der Waals surface area contributed by atoms with Gasteiger partial charge in [0.15, 0.2) is 0 Å². The summed E-state index contributed by atoms with van der Waals surface area (Å²) in [5.74, 6) is 0.906. The number of sulfonamides is 1. The molecule has 106 valence electrons. The van der Waals surface area contributed by atoms with Crippen LogP contribution in [0.15, 0.2) is 24.3 Å². The maximum Gasteiger partial charge on any atom is 0.214 e. The Morgan fingerprint density at radius 3 is 2.63 bits per heavy atom. The van der Waals surface area contributed by atoms with E-state index in [-0.39, 0.29) is 18.4 Å². The van der Waals surface area contributed by atoms with Gasteiger partial charge in [-0.3, -0.25) is 0 Å². The van der Waals surface area contributed by atoms with Gasteiger partial charge in [-0.25, -0.2) is 8.42 Å². The molecule has 1 aliphatic heterocycles. The third kappa shape index (κ3) is 3.26. The van der Waals surface area contributed by atoms with Crippen LogP contribution in [-0.2, 0) is 16.6 Å². The van der Waals surface area contributed by atoms with E-state index in [2.05, 4.69) is 0 Å². The van der Waals surface area contributed by atoms with Gasteiger partial charge in [0.25, 0.3) is 0 Å². The molecule has 2 rings (SSSR count). The van der Waals surface area contributed by atoms with E-state index in [9.17, 15) is 13.5 Å². The van der Waals surface area contributed by atoms with Crippen LogP contribution in [0.2, 0.25) is 0 Å². The highest BCUT2D eigenvalue weighted by molar-refractivity contribution is 7.89. The first-order chi connectivity index (χ1) is 9.06. The molecule has 5 nitrogen and oxygen atoms in total. The molecule has 0 spiro atoms. The summed E-state index contributed by atoms with van der Waals surface area (Å²) in [7, 11) is -1.67. The van der Waals surface area contributed by atoms with E-state index in [1.165, 1.54) is 4.31 Å². The molecule has 0 aliphatic carbocycles. The highest BCUT2D eigenvalue weighted by Crippen LogP contribution is 2.23. The highest BCUT2D eigenvalue weighted by Gasteiger charge is 2.33. The van der Waals surface area contributed by atoms with Crippen LogP contribution < -0.4 is 4.74 Å². The lowest BCUT2D eigenvalue weighted by Gasteiger charge is -2.33. The Labute approximate surface area is 113 Å². The van der Waals surface area contributed by atoms with Gasteiger partial charge < -0.3 is 9.84 Å². The van der Waals surface area contributed by atoms with Crippen molar-refractivity contribution in [1.82, 2.24) is 4.31 Å². The molecule has 0 bridgehead atoms. The van der Waals surface area contributed by atoms with Gasteiger partial charge in [-0.1, -0.05) is 12.1 Å². The number of nitrogens with zero attached hydrogens (tertiary/aromatic N) is 1. The molecule has 1 aromatic rings. The molecule has 1 heterocycles. The highest BCUT2D eigenvalue weighted by atomic mass is 32.2. The van der Waals surface area contributed by atoms with E-state index in [0.717, 1.165) is 11.3 Å². The zero-order chi connectivity index (χ0) is 13.9. The SMILES string of the molecule is COc1ccc(CN2C(CO)CCCS2(=O)=O)cc1. The number of aliphatic hydroxyl groups is 1. The maximum atomic E-state index is 12.1. The number of hydrogen-bond acceptors (Lipinski definition) is 4. The van der Waals surface area contributed by atoms with Crippen LogP contribution >= 0.6 is 0 Å². The van der Waals surface area contributed by atoms with Crippen molar-refractivity contribution in [3.05, 3.63) is 29.8 Å². The largest absolute Gasteiger partial charge is 0.497 e. The van der Waals surface area contributed by atoms with Crippen LogP contribution in [0.25, 0.3) is 0 Å². The molecular weight excluding hydrogens is 266 g/mol. The minimum Gasteiger partial charge on any atom is -0.497 e. The normalized spacial score (nSPS) is 23.2. The van der Waals surface area contributed by atoms with Gasteiger partial charge in [-0.15, -0.1) is 0 Å². The molecule has 1 saturated heterocycles. The molecule has 1 unspecified atom stereocenters. The Morgan fingerprint density at radius 2 is 2.05 bits per heavy atom. The van der Waals surface area contributed by atoms with Crippen LogP contribution in [0.1, 0.15) is 18.4 Å². The Balaban J connectivity index is 2.18. The second kappa shape index (κ2) is 5.90. The average molecular weight is 285 g/mol. The number of hydrogen-bond donors (Lipinski definition) is 1. The molecule has 6 heteroatoms. The third-order valence-corrected chi connectivity index (χ3v) is 5.36. The van der Waals surface area contributed by atoms with E-state index >= 15 is 0 Å². The van der Waals surface area contributed by atoms with Crippen molar-refractivity contribution in [2.24, 2.45) is 0 Å². The fourth-order valence-corrected chi connectivity index (χ4v) is 4.05. The first kappa shape index (κ1) is 14.3. The molecule has 1 atom stereocenters. The molecular formula is C13H19NO4S. The first-order valence-electron chi connectivity index (χ1n) is 6.30. The Morgan fingerprint density at radius 1 is 1.37 bits per heavy atom. The summed E-state index contributed by atoms with van der Waals surface area (Å²) in [6.45, 7) is 0.174. The smallest absolute Gasteiger partial charge is 0.214 e. The average Bonchev–Trinajstić information content (AvgIpc) is 2.41. The molecule has 1 aliphatic rings. The molecule has 0 amide bonds. The minimum atomic E-state index is -3.26. The van der Waals surface area contributed by atoms with E-state index in [1.807, 2.05) is 12.1 Å². The van der Waals surface area contributed by atoms with Crippen LogP contribution in [0, 0.1) is 0 Å². The zero-order valence-corrected chi connectivity index (χ0v) is 11.8. The zero-order valence-electron chi connectivity index (χ0n) is 10.9. The van der Waals surface area contributed by atoms with Gasteiger partial charge in [-0.2, -0.15) is 4.31 Å². The summed E-state index contributed by atoms with van der Waals surface area (Å²) in [6, 6.07) is 7.00. The summed E-state index contributed by atoms with van der Waals surface area (Å²) in [5, 5.41) is 9.33. The van der Waals surface area contributed by atoms with Gasteiger partial charge >= 0.3 is 0 Å². The second-order valence-electron chi connectivity index (χ2n) is 4.69. The van der Waals surface area contributed by atoms with E-state index in [4.69, 9.17) is 4.74 Å². The molecule has 0 saturated carbocycles. The lowest BCUT2D eigenvalue weighted by Crippen LogP contribution is -2.46. The van der Waals surface area contributed by atoms with Crippen molar-refractivity contribution in [3.63, 3.8) is 0 Å². The standard InChI is InChI=1S/C13H19NO4S/c1-18-13-6-4-11(5-7-13)9-14-12(10-15)3-2-8-19(14,16)17/h4-7,12,15H,2-3,8-10H2,1H3. The summed E-state index contributed by atoms with van der Waals surface area (Å²) in [6.07, 6.45) is 1.33. The molecule has 1 N–H and O–H groups in total. The summed E-state index contributed by atoms with van der Waals surface area (Å²) >= 11 is 0. The maximum absolute atomic E-state index is 12.1. The molecule has 1 fully saturated rings. The van der Waals surface area contributed by atoms with E-state index < -0.39 is 10.0 Å². The van der Waals surface area contributed by atoms with Crippen molar-refractivity contribution >= 4 is 10.0 Å². The number of methoxy groups -OCH3 is 1. The topological polar surface area (TPSA) is 66.8 Å². The van der Waals surface area contributed by atoms with Crippen molar-refractivity contribution < 1.29 is 18.3 Å². The Kier molecular flexibility index (Phi) is 4.44.